The second-order valence-corrected chi connectivity index (χ2v) is 8.21. The van der Waals surface area contributed by atoms with E-state index >= 15 is 0 Å². The molecule has 1 N–H and O–H groups in total. The molecule has 0 bridgehead atoms. The third-order valence-corrected chi connectivity index (χ3v) is 6.89. The first kappa shape index (κ1) is 16.8. The van der Waals surface area contributed by atoms with Crippen LogP contribution in [-0.4, -0.2) is 40.6 Å². The summed E-state index contributed by atoms with van der Waals surface area (Å²) in [5.41, 5.74) is -0.241. The van der Waals surface area contributed by atoms with Crippen molar-refractivity contribution in [3.05, 3.63) is 23.3 Å². The molecule has 25 heavy (non-hydrogen) atoms. The number of hydrogen-bond donors (Lipinski definition) is 1. The molecule has 2 aliphatic heterocycles. The number of rotatable bonds is 2. The van der Waals surface area contributed by atoms with Gasteiger partial charge in [0.2, 0.25) is 5.79 Å². The summed E-state index contributed by atoms with van der Waals surface area (Å²) in [5, 5.41) is 11.1. The topological polar surface area (TPSA) is 85.4 Å². The van der Waals surface area contributed by atoms with E-state index in [1.807, 2.05) is 6.92 Å². The Morgan fingerprint density at radius 2 is 2.08 bits per heavy atom. The lowest BCUT2D eigenvalue weighted by atomic mass is 9.51. The fourth-order valence-corrected chi connectivity index (χ4v) is 5.20. The zero-order valence-corrected chi connectivity index (χ0v) is 15.0. The molecular formula is C19H24O6. The van der Waals surface area contributed by atoms with Crippen molar-refractivity contribution in [1.82, 2.24) is 0 Å². The molecule has 0 aromatic rings. The molecule has 6 unspecified atom stereocenters. The third-order valence-electron chi connectivity index (χ3n) is 6.89. The minimum Gasteiger partial charge on any atom is -0.453 e. The van der Waals surface area contributed by atoms with Gasteiger partial charge in [-0.15, -0.1) is 0 Å². The van der Waals surface area contributed by atoms with E-state index in [1.54, 1.807) is 13.8 Å². The van der Waals surface area contributed by atoms with Crippen LogP contribution in [0.5, 0.6) is 0 Å². The first-order valence-corrected chi connectivity index (χ1v) is 8.78. The zero-order valence-electron chi connectivity index (χ0n) is 15.0. The number of fused-ring (bicyclic) bond motifs is 1. The maximum absolute atomic E-state index is 12.3. The molecular weight excluding hydrogens is 324 g/mol. The molecule has 3 fully saturated rings. The highest BCUT2D eigenvalue weighted by Crippen LogP contribution is 2.70. The number of carbonyl (C=O) groups is 2. The van der Waals surface area contributed by atoms with Crippen LogP contribution in [0.2, 0.25) is 0 Å². The fraction of sp³-hybridized carbons (Fsp3) is 0.684. The van der Waals surface area contributed by atoms with Gasteiger partial charge in [0.1, 0.15) is 11.7 Å². The van der Waals surface area contributed by atoms with Crippen LogP contribution in [0.4, 0.5) is 0 Å². The molecule has 0 amide bonds. The Bertz CT molecular complexity index is 738. The average Bonchev–Trinajstić information content (AvgIpc) is 3.17. The summed E-state index contributed by atoms with van der Waals surface area (Å²) in [7, 11) is 0. The summed E-state index contributed by atoms with van der Waals surface area (Å²) in [6, 6.07) is 0. The molecule has 1 saturated heterocycles. The molecule has 2 saturated carbocycles. The van der Waals surface area contributed by atoms with Gasteiger partial charge in [0.25, 0.3) is 0 Å². The van der Waals surface area contributed by atoms with Crippen molar-refractivity contribution in [2.75, 3.05) is 0 Å². The van der Waals surface area contributed by atoms with Crippen molar-refractivity contribution in [3.8, 4) is 0 Å². The van der Waals surface area contributed by atoms with E-state index in [4.69, 9.17) is 14.2 Å². The predicted molar refractivity (Wildman–Crippen MR) is 87.2 cm³/mol. The van der Waals surface area contributed by atoms with Gasteiger partial charge in [-0.05, 0) is 32.6 Å². The Labute approximate surface area is 146 Å². The molecule has 2 aliphatic carbocycles. The fourth-order valence-electron chi connectivity index (χ4n) is 5.20. The largest absolute Gasteiger partial charge is 0.453 e. The molecule has 0 radical (unpaired) electrons. The minimum absolute atomic E-state index is 0.00934. The number of ether oxygens (including phenoxy) is 3. The highest BCUT2D eigenvalue weighted by atomic mass is 16.7. The molecule has 2 heterocycles. The van der Waals surface area contributed by atoms with Crippen LogP contribution in [0.3, 0.4) is 0 Å². The van der Waals surface area contributed by atoms with Crippen LogP contribution in [0.1, 0.15) is 47.0 Å². The summed E-state index contributed by atoms with van der Waals surface area (Å²) < 4.78 is 17.2. The monoisotopic (exact) mass is 348 g/mol. The predicted octanol–water partition coefficient (Wildman–Crippen LogP) is 2.01. The van der Waals surface area contributed by atoms with E-state index in [0.717, 1.165) is 12.8 Å². The first-order valence-electron chi connectivity index (χ1n) is 8.78. The second-order valence-electron chi connectivity index (χ2n) is 8.21. The number of hydrogen-bond acceptors (Lipinski definition) is 6. The highest BCUT2D eigenvalue weighted by molar-refractivity contribution is 5.93. The molecule has 6 atom stereocenters. The van der Waals surface area contributed by atoms with Gasteiger partial charge in [0.05, 0.1) is 11.7 Å². The molecule has 4 aliphatic rings. The number of aliphatic hydroxyl groups is 1. The number of epoxide rings is 1. The SMILES string of the molecule is C=C(C)C(=O)OC1C2=C(C)C(=O)OC2(O)CC23OC2CCC(C)C13C. The Hall–Kier alpha value is -1.66. The molecule has 0 aromatic carbocycles. The quantitative estimate of drug-likeness (QED) is 0.467. The van der Waals surface area contributed by atoms with E-state index in [0.29, 0.717) is 11.1 Å². The second kappa shape index (κ2) is 4.74. The van der Waals surface area contributed by atoms with Crippen LogP contribution in [0.25, 0.3) is 0 Å². The van der Waals surface area contributed by atoms with E-state index < -0.39 is 34.8 Å². The molecule has 4 rings (SSSR count). The zero-order chi connectivity index (χ0) is 18.4. The summed E-state index contributed by atoms with van der Waals surface area (Å²) in [5.74, 6) is -2.70. The lowest BCUT2D eigenvalue weighted by Crippen LogP contribution is -2.64. The number of esters is 2. The lowest BCUT2D eigenvalue weighted by Gasteiger charge is -2.54. The maximum atomic E-state index is 12.3. The van der Waals surface area contributed by atoms with Gasteiger partial charge in [-0.25, -0.2) is 9.59 Å². The van der Waals surface area contributed by atoms with E-state index in [9.17, 15) is 14.7 Å². The summed E-state index contributed by atoms with van der Waals surface area (Å²) in [6.45, 7) is 11.0. The molecule has 136 valence electrons. The van der Waals surface area contributed by atoms with Gasteiger partial charge in [-0.1, -0.05) is 20.4 Å². The Balaban J connectivity index is 1.89. The van der Waals surface area contributed by atoms with E-state index in [1.165, 1.54) is 0 Å². The lowest BCUT2D eigenvalue weighted by molar-refractivity contribution is -0.225. The van der Waals surface area contributed by atoms with Crippen molar-refractivity contribution < 1.29 is 28.9 Å². The standard InChI is InChI=1S/C19H24O6/c1-9(2)15(20)23-14-13-11(4)16(21)25-19(13,22)8-18-12(24-18)7-6-10(3)17(14,18)5/h10,12,14,22H,1,6-8H2,2-5H3. The Morgan fingerprint density at radius 1 is 1.40 bits per heavy atom. The smallest absolute Gasteiger partial charge is 0.336 e. The molecule has 0 aromatic heterocycles. The third kappa shape index (κ3) is 1.87. The van der Waals surface area contributed by atoms with E-state index in [2.05, 4.69) is 13.5 Å². The Kier molecular flexibility index (Phi) is 3.18. The van der Waals surface area contributed by atoms with Crippen LogP contribution in [-0.2, 0) is 23.8 Å². The van der Waals surface area contributed by atoms with Gasteiger partial charge in [-0.3, -0.25) is 0 Å². The van der Waals surface area contributed by atoms with Crippen LogP contribution in [0, 0.1) is 11.3 Å². The van der Waals surface area contributed by atoms with Gasteiger partial charge in [0.15, 0.2) is 0 Å². The maximum Gasteiger partial charge on any atom is 0.336 e. The van der Waals surface area contributed by atoms with Crippen molar-refractivity contribution in [2.24, 2.45) is 11.3 Å². The van der Waals surface area contributed by atoms with Gasteiger partial charge in [0, 0.05) is 23.0 Å². The van der Waals surface area contributed by atoms with Gasteiger partial charge < -0.3 is 19.3 Å². The van der Waals surface area contributed by atoms with Crippen LogP contribution >= 0.6 is 0 Å². The normalized spacial score (nSPS) is 47.4. The summed E-state index contributed by atoms with van der Waals surface area (Å²) in [4.78, 5) is 24.5. The van der Waals surface area contributed by atoms with Crippen molar-refractivity contribution in [2.45, 2.75) is 70.6 Å². The first-order chi connectivity index (χ1) is 11.6. The summed E-state index contributed by atoms with van der Waals surface area (Å²) in [6.07, 6.45) is 1.21. The number of carbonyl (C=O) groups excluding carboxylic acids is 2. The average molecular weight is 348 g/mol. The van der Waals surface area contributed by atoms with E-state index in [-0.39, 0.29) is 24.0 Å². The van der Waals surface area contributed by atoms with Crippen molar-refractivity contribution >= 4 is 11.9 Å². The minimum atomic E-state index is -1.77. The summed E-state index contributed by atoms with van der Waals surface area (Å²) >= 11 is 0. The Morgan fingerprint density at radius 3 is 2.72 bits per heavy atom. The van der Waals surface area contributed by atoms with Crippen LogP contribution < -0.4 is 0 Å². The van der Waals surface area contributed by atoms with Crippen molar-refractivity contribution in [3.63, 3.8) is 0 Å². The molecule has 6 nitrogen and oxygen atoms in total. The highest BCUT2D eigenvalue weighted by Gasteiger charge is 2.80. The molecule has 6 heteroatoms. The van der Waals surface area contributed by atoms with Gasteiger partial charge in [-0.2, -0.15) is 0 Å². The molecule has 1 spiro atoms. The van der Waals surface area contributed by atoms with Gasteiger partial charge >= 0.3 is 11.9 Å². The van der Waals surface area contributed by atoms with Crippen LogP contribution in [0.15, 0.2) is 23.3 Å². The van der Waals surface area contributed by atoms with Crippen molar-refractivity contribution in [1.29, 1.82) is 0 Å².